The van der Waals surface area contributed by atoms with Crippen molar-refractivity contribution < 1.29 is 9.84 Å². The second-order valence-corrected chi connectivity index (χ2v) is 5.85. The maximum atomic E-state index is 8.75. The Balaban J connectivity index is 1.84. The average Bonchev–Trinajstić information content (AvgIpc) is 3.23. The molecule has 0 radical (unpaired) electrons. The van der Waals surface area contributed by atoms with Crippen LogP contribution in [0.1, 0.15) is 48.8 Å². The van der Waals surface area contributed by atoms with Gasteiger partial charge in [0, 0.05) is 19.2 Å². The molecule has 1 aliphatic rings. The SMILES string of the molecule is Cc1cc(CNC2CC2)cc(C)c1OCCCCCO. The van der Waals surface area contributed by atoms with Gasteiger partial charge >= 0.3 is 0 Å². The molecule has 0 aromatic heterocycles. The minimum Gasteiger partial charge on any atom is -0.493 e. The van der Waals surface area contributed by atoms with Crippen LogP contribution in [0.15, 0.2) is 12.1 Å². The van der Waals surface area contributed by atoms with Gasteiger partial charge in [-0.2, -0.15) is 0 Å². The van der Waals surface area contributed by atoms with Crippen molar-refractivity contribution in [2.45, 2.75) is 58.5 Å². The van der Waals surface area contributed by atoms with E-state index in [4.69, 9.17) is 9.84 Å². The predicted molar refractivity (Wildman–Crippen MR) is 82.2 cm³/mol. The molecule has 1 fully saturated rings. The number of aryl methyl sites for hydroxylation is 2. The molecule has 3 heteroatoms. The molecule has 2 rings (SSSR count). The number of nitrogens with one attached hydrogen (secondary N) is 1. The molecule has 1 saturated carbocycles. The van der Waals surface area contributed by atoms with Crippen LogP contribution in [-0.2, 0) is 6.54 Å². The quantitative estimate of drug-likeness (QED) is 0.682. The molecule has 1 aliphatic carbocycles. The number of unbranched alkanes of at least 4 members (excludes halogenated alkanes) is 2. The van der Waals surface area contributed by atoms with E-state index in [1.165, 1.54) is 29.5 Å². The molecule has 0 aliphatic heterocycles. The van der Waals surface area contributed by atoms with E-state index in [-0.39, 0.29) is 6.61 Å². The van der Waals surface area contributed by atoms with Gasteiger partial charge in [0.15, 0.2) is 0 Å². The molecule has 0 amide bonds. The average molecular weight is 277 g/mol. The van der Waals surface area contributed by atoms with Crippen molar-refractivity contribution in [1.82, 2.24) is 5.32 Å². The molecule has 0 spiro atoms. The van der Waals surface area contributed by atoms with Crippen LogP contribution in [0.3, 0.4) is 0 Å². The highest BCUT2D eigenvalue weighted by Gasteiger charge is 2.20. The minimum atomic E-state index is 0.279. The molecule has 20 heavy (non-hydrogen) atoms. The third kappa shape index (κ3) is 4.80. The van der Waals surface area contributed by atoms with Gasteiger partial charge in [0.05, 0.1) is 6.61 Å². The molecular formula is C17H27NO2. The zero-order chi connectivity index (χ0) is 14.4. The fraction of sp³-hybridized carbons (Fsp3) is 0.647. The number of hydrogen-bond donors (Lipinski definition) is 2. The van der Waals surface area contributed by atoms with Crippen LogP contribution in [0.25, 0.3) is 0 Å². The summed E-state index contributed by atoms with van der Waals surface area (Å²) in [6, 6.07) is 5.20. The molecule has 0 bridgehead atoms. The van der Waals surface area contributed by atoms with Gasteiger partial charge in [-0.3, -0.25) is 0 Å². The van der Waals surface area contributed by atoms with Gasteiger partial charge in [0.1, 0.15) is 5.75 Å². The predicted octanol–water partition coefficient (Wildman–Crippen LogP) is 3.10. The summed E-state index contributed by atoms with van der Waals surface area (Å²) in [6.07, 6.45) is 5.55. The summed E-state index contributed by atoms with van der Waals surface area (Å²) in [5.41, 5.74) is 3.79. The fourth-order valence-electron chi connectivity index (χ4n) is 2.48. The van der Waals surface area contributed by atoms with Crippen LogP contribution >= 0.6 is 0 Å². The van der Waals surface area contributed by atoms with Gasteiger partial charge in [-0.25, -0.2) is 0 Å². The first-order valence-electron chi connectivity index (χ1n) is 7.78. The van der Waals surface area contributed by atoms with Crippen LogP contribution < -0.4 is 10.1 Å². The first-order chi connectivity index (χ1) is 9.70. The normalized spacial score (nSPS) is 14.6. The van der Waals surface area contributed by atoms with Crippen molar-refractivity contribution in [2.24, 2.45) is 0 Å². The van der Waals surface area contributed by atoms with Crippen LogP contribution in [0.2, 0.25) is 0 Å². The highest BCUT2D eigenvalue weighted by molar-refractivity contribution is 5.43. The van der Waals surface area contributed by atoms with Crippen molar-refractivity contribution in [1.29, 1.82) is 0 Å². The van der Waals surface area contributed by atoms with Crippen LogP contribution in [0.5, 0.6) is 5.75 Å². The van der Waals surface area contributed by atoms with Crippen LogP contribution in [-0.4, -0.2) is 24.4 Å². The molecule has 1 aromatic carbocycles. The number of ether oxygens (including phenoxy) is 1. The Morgan fingerprint density at radius 3 is 2.45 bits per heavy atom. The van der Waals surface area contributed by atoms with Gasteiger partial charge in [0.2, 0.25) is 0 Å². The smallest absolute Gasteiger partial charge is 0.125 e. The van der Waals surface area contributed by atoms with Gasteiger partial charge in [-0.05, 0) is 62.6 Å². The molecule has 0 heterocycles. The number of hydrogen-bond acceptors (Lipinski definition) is 3. The number of aliphatic hydroxyl groups is 1. The summed E-state index contributed by atoms with van der Waals surface area (Å²) in [6.45, 7) is 6.22. The lowest BCUT2D eigenvalue weighted by atomic mass is 10.1. The topological polar surface area (TPSA) is 41.5 Å². The Morgan fingerprint density at radius 1 is 1.15 bits per heavy atom. The monoisotopic (exact) mass is 277 g/mol. The fourth-order valence-corrected chi connectivity index (χ4v) is 2.48. The molecule has 1 aromatic rings. The number of benzene rings is 1. The summed E-state index contributed by atoms with van der Waals surface area (Å²) in [4.78, 5) is 0. The summed E-state index contributed by atoms with van der Waals surface area (Å²) >= 11 is 0. The summed E-state index contributed by atoms with van der Waals surface area (Å²) in [5.74, 6) is 1.03. The highest BCUT2D eigenvalue weighted by Crippen LogP contribution is 2.26. The van der Waals surface area contributed by atoms with Gasteiger partial charge in [-0.1, -0.05) is 12.1 Å². The lowest BCUT2D eigenvalue weighted by Gasteiger charge is -2.14. The number of aliphatic hydroxyl groups excluding tert-OH is 1. The zero-order valence-corrected chi connectivity index (χ0v) is 12.7. The van der Waals surface area contributed by atoms with E-state index in [9.17, 15) is 0 Å². The van der Waals surface area contributed by atoms with E-state index < -0.39 is 0 Å². The third-order valence-electron chi connectivity index (χ3n) is 3.74. The first kappa shape index (κ1) is 15.3. The van der Waals surface area contributed by atoms with E-state index in [0.29, 0.717) is 0 Å². The maximum Gasteiger partial charge on any atom is 0.125 e. The molecule has 3 nitrogen and oxygen atoms in total. The Kier molecular flexibility index (Phi) is 5.86. The molecule has 0 unspecified atom stereocenters. The Hall–Kier alpha value is -1.06. The maximum absolute atomic E-state index is 8.75. The van der Waals surface area contributed by atoms with Crippen molar-refractivity contribution in [3.8, 4) is 5.75 Å². The number of rotatable bonds is 9. The Bertz CT molecular complexity index is 404. The van der Waals surface area contributed by atoms with Crippen molar-refractivity contribution in [2.75, 3.05) is 13.2 Å². The Morgan fingerprint density at radius 2 is 1.85 bits per heavy atom. The van der Waals surface area contributed by atoms with Crippen molar-refractivity contribution in [3.05, 3.63) is 28.8 Å². The second kappa shape index (κ2) is 7.65. The third-order valence-corrected chi connectivity index (χ3v) is 3.74. The molecule has 2 N–H and O–H groups in total. The Labute approximate surface area is 122 Å². The van der Waals surface area contributed by atoms with E-state index >= 15 is 0 Å². The van der Waals surface area contributed by atoms with E-state index in [2.05, 4.69) is 31.3 Å². The van der Waals surface area contributed by atoms with Gasteiger partial charge in [0.25, 0.3) is 0 Å². The summed E-state index contributed by atoms with van der Waals surface area (Å²) in [5, 5.41) is 12.3. The van der Waals surface area contributed by atoms with Gasteiger partial charge < -0.3 is 15.2 Å². The molecule has 0 saturated heterocycles. The lowest BCUT2D eigenvalue weighted by Crippen LogP contribution is -2.15. The largest absolute Gasteiger partial charge is 0.493 e. The lowest BCUT2D eigenvalue weighted by molar-refractivity contribution is 0.265. The molecule has 0 atom stereocenters. The van der Waals surface area contributed by atoms with Gasteiger partial charge in [-0.15, -0.1) is 0 Å². The standard InChI is InChI=1S/C17H27NO2/c1-13-10-15(12-18-16-6-7-16)11-14(2)17(13)20-9-5-3-4-8-19/h10-11,16,18-19H,3-9,12H2,1-2H3. The minimum absolute atomic E-state index is 0.279. The summed E-state index contributed by atoms with van der Waals surface area (Å²) < 4.78 is 5.91. The van der Waals surface area contributed by atoms with Crippen molar-refractivity contribution in [3.63, 3.8) is 0 Å². The van der Waals surface area contributed by atoms with Crippen LogP contribution in [0.4, 0.5) is 0 Å². The second-order valence-electron chi connectivity index (χ2n) is 5.85. The summed E-state index contributed by atoms with van der Waals surface area (Å²) in [7, 11) is 0. The van der Waals surface area contributed by atoms with Crippen molar-refractivity contribution >= 4 is 0 Å². The van der Waals surface area contributed by atoms with E-state index in [1.54, 1.807) is 0 Å². The zero-order valence-electron chi connectivity index (χ0n) is 12.7. The highest BCUT2D eigenvalue weighted by atomic mass is 16.5. The first-order valence-corrected chi connectivity index (χ1v) is 7.78. The molecule has 112 valence electrons. The van der Waals surface area contributed by atoms with E-state index in [0.717, 1.165) is 44.2 Å². The molecular weight excluding hydrogens is 250 g/mol. The van der Waals surface area contributed by atoms with Crippen LogP contribution in [0, 0.1) is 13.8 Å². The van der Waals surface area contributed by atoms with E-state index in [1.807, 2.05) is 0 Å².